The second-order valence-electron chi connectivity index (χ2n) is 3.65. The van der Waals surface area contributed by atoms with Gasteiger partial charge in [0.15, 0.2) is 11.5 Å². The molecule has 1 aromatic carbocycles. The zero-order valence-electron chi connectivity index (χ0n) is 12.1. The SMILES string of the molecule is CCOC=CC(=O)Nc1cc(OC)c(OC)cc1OC. The average molecular weight is 281 g/mol. The molecule has 6 heteroatoms. The highest BCUT2D eigenvalue weighted by Gasteiger charge is 2.13. The molecule has 0 saturated heterocycles. The first-order valence-electron chi connectivity index (χ1n) is 6.05. The highest BCUT2D eigenvalue weighted by Crippen LogP contribution is 2.37. The molecule has 0 bridgehead atoms. The van der Waals surface area contributed by atoms with Crippen LogP contribution in [0.4, 0.5) is 5.69 Å². The molecule has 20 heavy (non-hydrogen) atoms. The van der Waals surface area contributed by atoms with Crippen molar-refractivity contribution < 1.29 is 23.7 Å². The van der Waals surface area contributed by atoms with Crippen LogP contribution in [-0.2, 0) is 9.53 Å². The molecule has 1 N–H and O–H groups in total. The molecule has 0 heterocycles. The van der Waals surface area contributed by atoms with Gasteiger partial charge in [0.25, 0.3) is 5.91 Å². The number of hydrogen-bond acceptors (Lipinski definition) is 5. The van der Waals surface area contributed by atoms with Crippen molar-refractivity contribution in [3.05, 3.63) is 24.5 Å². The largest absolute Gasteiger partial charge is 0.501 e. The van der Waals surface area contributed by atoms with Crippen LogP contribution in [0.25, 0.3) is 0 Å². The molecule has 0 radical (unpaired) electrons. The van der Waals surface area contributed by atoms with Gasteiger partial charge in [-0.05, 0) is 6.92 Å². The average Bonchev–Trinajstić information content (AvgIpc) is 2.47. The minimum atomic E-state index is -0.330. The van der Waals surface area contributed by atoms with Crippen LogP contribution in [0.5, 0.6) is 17.2 Å². The molecule has 0 atom stereocenters. The van der Waals surface area contributed by atoms with Crippen molar-refractivity contribution in [3.8, 4) is 17.2 Å². The van der Waals surface area contributed by atoms with Gasteiger partial charge in [-0.2, -0.15) is 0 Å². The number of amides is 1. The number of methoxy groups -OCH3 is 3. The third-order valence-electron chi connectivity index (χ3n) is 2.45. The maximum Gasteiger partial charge on any atom is 0.251 e. The highest BCUT2D eigenvalue weighted by atomic mass is 16.5. The van der Waals surface area contributed by atoms with Gasteiger partial charge < -0.3 is 24.3 Å². The summed E-state index contributed by atoms with van der Waals surface area (Å²) in [4.78, 5) is 11.7. The van der Waals surface area contributed by atoms with Crippen LogP contribution >= 0.6 is 0 Å². The van der Waals surface area contributed by atoms with Crippen molar-refractivity contribution in [1.29, 1.82) is 0 Å². The molecule has 1 rings (SSSR count). The van der Waals surface area contributed by atoms with E-state index in [1.807, 2.05) is 6.92 Å². The maximum atomic E-state index is 11.7. The fourth-order valence-electron chi connectivity index (χ4n) is 1.51. The Hall–Kier alpha value is -2.37. The van der Waals surface area contributed by atoms with Gasteiger partial charge in [0.1, 0.15) is 5.75 Å². The summed E-state index contributed by atoms with van der Waals surface area (Å²) in [6.07, 6.45) is 2.63. The summed E-state index contributed by atoms with van der Waals surface area (Å²) in [5.41, 5.74) is 0.483. The van der Waals surface area contributed by atoms with E-state index in [1.54, 1.807) is 12.1 Å². The number of rotatable bonds is 7. The Morgan fingerprint density at radius 2 is 1.70 bits per heavy atom. The van der Waals surface area contributed by atoms with Gasteiger partial charge >= 0.3 is 0 Å². The summed E-state index contributed by atoms with van der Waals surface area (Å²) in [6, 6.07) is 3.27. The number of carbonyl (C=O) groups is 1. The van der Waals surface area contributed by atoms with E-state index in [0.29, 0.717) is 29.5 Å². The Morgan fingerprint density at radius 1 is 1.10 bits per heavy atom. The fourth-order valence-corrected chi connectivity index (χ4v) is 1.51. The summed E-state index contributed by atoms with van der Waals surface area (Å²) in [5.74, 6) is 1.16. The second-order valence-corrected chi connectivity index (χ2v) is 3.65. The van der Waals surface area contributed by atoms with Gasteiger partial charge in [-0.3, -0.25) is 4.79 Å². The van der Waals surface area contributed by atoms with Gasteiger partial charge in [-0.25, -0.2) is 0 Å². The lowest BCUT2D eigenvalue weighted by atomic mass is 10.2. The van der Waals surface area contributed by atoms with Crippen molar-refractivity contribution in [2.24, 2.45) is 0 Å². The molecule has 0 unspecified atom stereocenters. The third-order valence-corrected chi connectivity index (χ3v) is 2.45. The molecular formula is C14H19NO5. The van der Waals surface area contributed by atoms with Crippen LogP contribution in [0.3, 0.4) is 0 Å². The molecule has 0 spiro atoms. The monoisotopic (exact) mass is 281 g/mol. The predicted octanol–water partition coefficient (Wildman–Crippen LogP) is 2.20. The zero-order valence-corrected chi connectivity index (χ0v) is 12.1. The number of benzene rings is 1. The summed E-state index contributed by atoms with van der Waals surface area (Å²) in [7, 11) is 4.55. The number of hydrogen-bond donors (Lipinski definition) is 1. The van der Waals surface area contributed by atoms with E-state index in [2.05, 4.69) is 5.32 Å². The van der Waals surface area contributed by atoms with E-state index in [4.69, 9.17) is 18.9 Å². The molecule has 0 aromatic heterocycles. The van der Waals surface area contributed by atoms with Crippen LogP contribution in [-0.4, -0.2) is 33.8 Å². The van der Waals surface area contributed by atoms with E-state index < -0.39 is 0 Å². The predicted molar refractivity (Wildman–Crippen MR) is 75.5 cm³/mol. The molecule has 1 amide bonds. The lowest BCUT2D eigenvalue weighted by molar-refractivity contribution is -0.112. The number of carbonyl (C=O) groups excluding carboxylic acids is 1. The second kappa shape index (κ2) is 7.93. The Labute approximate surface area is 118 Å². The Bertz CT molecular complexity index is 485. The Morgan fingerprint density at radius 3 is 2.25 bits per heavy atom. The van der Waals surface area contributed by atoms with Crippen LogP contribution in [0, 0.1) is 0 Å². The lowest BCUT2D eigenvalue weighted by Crippen LogP contribution is -2.09. The summed E-state index contributed by atoms with van der Waals surface area (Å²) in [6.45, 7) is 2.34. The quantitative estimate of drug-likeness (QED) is 0.613. The maximum absolute atomic E-state index is 11.7. The van der Waals surface area contributed by atoms with Gasteiger partial charge in [0.2, 0.25) is 0 Å². The molecule has 0 aliphatic rings. The number of nitrogens with one attached hydrogen (secondary N) is 1. The lowest BCUT2D eigenvalue weighted by Gasteiger charge is -2.14. The summed E-state index contributed by atoms with van der Waals surface area (Å²) >= 11 is 0. The third kappa shape index (κ3) is 4.08. The molecule has 110 valence electrons. The Kier molecular flexibility index (Phi) is 6.22. The van der Waals surface area contributed by atoms with E-state index in [0.717, 1.165) is 0 Å². The fraction of sp³-hybridized carbons (Fsp3) is 0.357. The van der Waals surface area contributed by atoms with E-state index >= 15 is 0 Å². The molecule has 0 saturated carbocycles. The summed E-state index contributed by atoms with van der Waals surface area (Å²) in [5, 5.41) is 2.68. The van der Waals surface area contributed by atoms with Crippen molar-refractivity contribution in [1.82, 2.24) is 0 Å². The first kappa shape index (κ1) is 15.7. The summed E-state index contributed by atoms with van der Waals surface area (Å²) < 4.78 is 20.5. The van der Waals surface area contributed by atoms with Crippen molar-refractivity contribution in [2.45, 2.75) is 6.92 Å². The van der Waals surface area contributed by atoms with E-state index in [9.17, 15) is 4.79 Å². The first-order chi connectivity index (χ1) is 9.65. The van der Waals surface area contributed by atoms with Gasteiger partial charge in [0, 0.05) is 18.2 Å². The van der Waals surface area contributed by atoms with E-state index in [-0.39, 0.29) is 5.91 Å². The zero-order chi connectivity index (χ0) is 15.0. The van der Waals surface area contributed by atoms with Crippen LogP contribution < -0.4 is 19.5 Å². The van der Waals surface area contributed by atoms with Gasteiger partial charge in [-0.15, -0.1) is 0 Å². The van der Waals surface area contributed by atoms with Gasteiger partial charge in [0.05, 0.1) is 39.9 Å². The minimum Gasteiger partial charge on any atom is -0.501 e. The number of ether oxygens (including phenoxy) is 4. The van der Waals surface area contributed by atoms with E-state index in [1.165, 1.54) is 33.7 Å². The Balaban J connectivity index is 2.95. The molecule has 6 nitrogen and oxygen atoms in total. The molecule has 0 aliphatic carbocycles. The van der Waals surface area contributed by atoms with Crippen LogP contribution in [0.2, 0.25) is 0 Å². The van der Waals surface area contributed by atoms with Crippen molar-refractivity contribution in [2.75, 3.05) is 33.3 Å². The molecule has 0 aliphatic heterocycles. The normalized spacial score (nSPS) is 10.2. The van der Waals surface area contributed by atoms with Crippen LogP contribution in [0.1, 0.15) is 6.92 Å². The molecular weight excluding hydrogens is 262 g/mol. The smallest absolute Gasteiger partial charge is 0.251 e. The topological polar surface area (TPSA) is 66.0 Å². The minimum absolute atomic E-state index is 0.330. The highest BCUT2D eigenvalue weighted by molar-refractivity contribution is 6.00. The molecule has 1 aromatic rings. The van der Waals surface area contributed by atoms with Crippen LogP contribution in [0.15, 0.2) is 24.5 Å². The van der Waals surface area contributed by atoms with Crippen molar-refractivity contribution in [3.63, 3.8) is 0 Å². The standard InChI is InChI=1S/C14H19NO5/c1-5-20-7-6-14(16)15-10-8-12(18-3)13(19-4)9-11(10)17-2/h6-9H,5H2,1-4H3,(H,15,16). The van der Waals surface area contributed by atoms with Gasteiger partial charge in [-0.1, -0.05) is 0 Å². The number of anilines is 1. The molecule has 0 fully saturated rings. The first-order valence-corrected chi connectivity index (χ1v) is 6.05. The van der Waals surface area contributed by atoms with Crippen molar-refractivity contribution >= 4 is 11.6 Å².